The van der Waals surface area contributed by atoms with E-state index >= 15 is 0 Å². The lowest BCUT2D eigenvalue weighted by Gasteiger charge is -2.15. The van der Waals surface area contributed by atoms with Crippen LogP contribution in [0.2, 0.25) is 0 Å². The number of amides is 1. The van der Waals surface area contributed by atoms with Gasteiger partial charge < -0.3 is 10.4 Å². The first-order valence-electron chi connectivity index (χ1n) is 6.00. The molecule has 0 saturated carbocycles. The zero-order valence-corrected chi connectivity index (χ0v) is 11.0. The van der Waals surface area contributed by atoms with Crippen LogP contribution >= 0.6 is 0 Å². The quantitative estimate of drug-likeness (QED) is 0.841. The molecule has 0 unspecified atom stereocenters. The van der Waals surface area contributed by atoms with Crippen molar-refractivity contribution < 1.29 is 14.7 Å². The third-order valence-electron chi connectivity index (χ3n) is 2.88. The van der Waals surface area contributed by atoms with Crippen LogP contribution in [0.1, 0.15) is 41.3 Å². The Morgan fingerprint density at radius 2 is 1.83 bits per heavy atom. The lowest BCUT2D eigenvalue weighted by atomic mass is 10.0. The van der Waals surface area contributed by atoms with Gasteiger partial charge in [-0.05, 0) is 38.3 Å². The van der Waals surface area contributed by atoms with Crippen LogP contribution in [-0.4, -0.2) is 23.0 Å². The molecule has 0 aliphatic carbocycles. The molecule has 1 aromatic rings. The zero-order chi connectivity index (χ0) is 13.7. The number of benzene rings is 1. The standard InChI is InChI=1S/C14H19NO3/c1-9-5-4-6-10(2)13(9)14(18)15-11(3)7-8-12(16)17/h4-6,11H,7-8H2,1-3H3,(H,15,18)(H,16,17)/t11-/m1/s1. The van der Waals surface area contributed by atoms with Crippen molar-refractivity contribution in [1.82, 2.24) is 5.32 Å². The number of carbonyl (C=O) groups is 2. The Morgan fingerprint density at radius 3 is 2.33 bits per heavy atom. The predicted octanol–water partition coefficient (Wildman–Crippen LogP) is 2.29. The van der Waals surface area contributed by atoms with E-state index in [0.717, 1.165) is 11.1 Å². The van der Waals surface area contributed by atoms with Crippen molar-refractivity contribution in [3.8, 4) is 0 Å². The molecular weight excluding hydrogens is 230 g/mol. The van der Waals surface area contributed by atoms with E-state index in [-0.39, 0.29) is 18.4 Å². The number of rotatable bonds is 5. The van der Waals surface area contributed by atoms with E-state index in [1.807, 2.05) is 39.0 Å². The fraction of sp³-hybridized carbons (Fsp3) is 0.429. The Morgan fingerprint density at radius 1 is 1.28 bits per heavy atom. The summed E-state index contributed by atoms with van der Waals surface area (Å²) < 4.78 is 0. The Bertz CT molecular complexity index is 434. The molecule has 0 spiro atoms. The van der Waals surface area contributed by atoms with E-state index in [1.165, 1.54) is 0 Å². The summed E-state index contributed by atoms with van der Waals surface area (Å²) in [6.07, 6.45) is 0.500. The lowest BCUT2D eigenvalue weighted by molar-refractivity contribution is -0.137. The molecule has 0 heterocycles. The van der Waals surface area contributed by atoms with E-state index < -0.39 is 5.97 Å². The van der Waals surface area contributed by atoms with Crippen LogP contribution in [0.25, 0.3) is 0 Å². The highest BCUT2D eigenvalue weighted by Gasteiger charge is 2.14. The van der Waals surface area contributed by atoms with Crippen LogP contribution < -0.4 is 5.32 Å². The molecule has 0 aliphatic heterocycles. The van der Waals surface area contributed by atoms with Crippen LogP contribution in [0.15, 0.2) is 18.2 Å². The minimum atomic E-state index is -0.844. The Hall–Kier alpha value is -1.84. The maximum absolute atomic E-state index is 12.1. The van der Waals surface area contributed by atoms with Crippen molar-refractivity contribution in [3.63, 3.8) is 0 Å². The van der Waals surface area contributed by atoms with Crippen molar-refractivity contribution in [2.75, 3.05) is 0 Å². The van der Waals surface area contributed by atoms with E-state index in [2.05, 4.69) is 5.32 Å². The molecule has 0 fully saturated rings. The second kappa shape index (κ2) is 6.19. The van der Waals surface area contributed by atoms with Crippen molar-refractivity contribution in [3.05, 3.63) is 34.9 Å². The molecule has 2 N–H and O–H groups in total. The number of carboxylic acids is 1. The van der Waals surface area contributed by atoms with Gasteiger partial charge in [-0.2, -0.15) is 0 Å². The summed E-state index contributed by atoms with van der Waals surface area (Å²) in [7, 11) is 0. The van der Waals surface area contributed by atoms with E-state index in [1.54, 1.807) is 0 Å². The Labute approximate surface area is 107 Å². The first-order chi connectivity index (χ1) is 8.41. The molecule has 1 aromatic carbocycles. The molecular formula is C14H19NO3. The van der Waals surface area contributed by atoms with Crippen molar-refractivity contribution in [2.45, 2.75) is 39.7 Å². The van der Waals surface area contributed by atoms with Gasteiger partial charge in [-0.3, -0.25) is 9.59 Å². The number of carboxylic acid groups (broad SMARTS) is 1. The molecule has 0 aromatic heterocycles. The maximum Gasteiger partial charge on any atom is 0.303 e. The highest BCUT2D eigenvalue weighted by atomic mass is 16.4. The van der Waals surface area contributed by atoms with Gasteiger partial charge in [-0.1, -0.05) is 18.2 Å². The molecule has 1 rings (SSSR count). The highest BCUT2D eigenvalue weighted by Crippen LogP contribution is 2.13. The largest absolute Gasteiger partial charge is 0.481 e. The summed E-state index contributed by atoms with van der Waals surface area (Å²) in [5, 5.41) is 11.4. The average Bonchev–Trinajstić information content (AvgIpc) is 2.26. The fourth-order valence-corrected chi connectivity index (χ4v) is 1.88. The first-order valence-corrected chi connectivity index (χ1v) is 6.00. The van der Waals surface area contributed by atoms with Crippen LogP contribution in [0, 0.1) is 13.8 Å². The SMILES string of the molecule is Cc1cccc(C)c1C(=O)N[C@H](C)CCC(=O)O. The van der Waals surface area contributed by atoms with E-state index in [9.17, 15) is 9.59 Å². The normalized spacial score (nSPS) is 11.9. The van der Waals surface area contributed by atoms with E-state index in [0.29, 0.717) is 12.0 Å². The number of hydrogen-bond donors (Lipinski definition) is 2. The smallest absolute Gasteiger partial charge is 0.303 e. The summed E-state index contributed by atoms with van der Waals surface area (Å²) in [6.45, 7) is 5.60. The molecule has 1 atom stereocenters. The van der Waals surface area contributed by atoms with E-state index in [4.69, 9.17) is 5.11 Å². The van der Waals surface area contributed by atoms with Gasteiger partial charge in [0.25, 0.3) is 5.91 Å². The number of nitrogens with one attached hydrogen (secondary N) is 1. The van der Waals surface area contributed by atoms with Crippen molar-refractivity contribution in [1.29, 1.82) is 0 Å². The Kier molecular flexibility index (Phi) is 4.89. The summed E-state index contributed by atoms with van der Waals surface area (Å²) in [4.78, 5) is 22.5. The van der Waals surface area contributed by atoms with Crippen molar-refractivity contribution >= 4 is 11.9 Å². The molecule has 98 valence electrons. The summed E-state index contributed by atoms with van der Waals surface area (Å²) >= 11 is 0. The minimum absolute atomic E-state index is 0.0637. The van der Waals surface area contributed by atoms with Crippen LogP contribution in [0.4, 0.5) is 0 Å². The number of aryl methyl sites for hydroxylation is 2. The van der Waals surface area contributed by atoms with Crippen LogP contribution in [0.3, 0.4) is 0 Å². The molecule has 0 saturated heterocycles. The Balaban J connectivity index is 2.68. The topological polar surface area (TPSA) is 66.4 Å². The van der Waals surface area contributed by atoms with Gasteiger partial charge in [0, 0.05) is 18.0 Å². The number of aliphatic carboxylic acids is 1. The fourth-order valence-electron chi connectivity index (χ4n) is 1.88. The zero-order valence-electron chi connectivity index (χ0n) is 11.0. The third kappa shape index (κ3) is 3.87. The summed E-state index contributed by atoms with van der Waals surface area (Å²) in [5.41, 5.74) is 2.54. The number of hydrogen-bond acceptors (Lipinski definition) is 2. The maximum atomic E-state index is 12.1. The van der Waals surface area contributed by atoms with Gasteiger partial charge in [0.1, 0.15) is 0 Å². The monoisotopic (exact) mass is 249 g/mol. The van der Waals surface area contributed by atoms with Gasteiger partial charge in [0.2, 0.25) is 0 Å². The lowest BCUT2D eigenvalue weighted by Crippen LogP contribution is -2.33. The third-order valence-corrected chi connectivity index (χ3v) is 2.88. The van der Waals surface area contributed by atoms with Gasteiger partial charge >= 0.3 is 5.97 Å². The summed E-state index contributed by atoms with van der Waals surface area (Å²) in [5.74, 6) is -0.980. The van der Waals surface area contributed by atoms with Crippen LogP contribution in [0.5, 0.6) is 0 Å². The molecule has 4 heteroatoms. The van der Waals surface area contributed by atoms with Gasteiger partial charge in [0.15, 0.2) is 0 Å². The highest BCUT2D eigenvalue weighted by molar-refractivity contribution is 5.97. The average molecular weight is 249 g/mol. The number of carbonyl (C=O) groups excluding carboxylic acids is 1. The molecule has 4 nitrogen and oxygen atoms in total. The predicted molar refractivity (Wildman–Crippen MR) is 69.7 cm³/mol. The van der Waals surface area contributed by atoms with Crippen molar-refractivity contribution in [2.24, 2.45) is 0 Å². The minimum Gasteiger partial charge on any atom is -0.481 e. The molecule has 0 bridgehead atoms. The van der Waals surface area contributed by atoms with Gasteiger partial charge in [-0.25, -0.2) is 0 Å². The molecule has 0 aliphatic rings. The second-order valence-electron chi connectivity index (χ2n) is 4.57. The first kappa shape index (κ1) is 14.2. The molecule has 0 radical (unpaired) electrons. The van der Waals surface area contributed by atoms with Gasteiger partial charge in [-0.15, -0.1) is 0 Å². The second-order valence-corrected chi connectivity index (χ2v) is 4.57. The summed E-state index contributed by atoms with van der Waals surface area (Å²) in [6, 6.07) is 5.55. The molecule has 18 heavy (non-hydrogen) atoms. The van der Waals surface area contributed by atoms with Crippen LogP contribution in [-0.2, 0) is 4.79 Å². The van der Waals surface area contributed by atoms with Gasteiger partial charge in [0.05, 0.1) is 0 Å². The molecule has 1 amide bonds.